The molecular formula is C15H18FN3O. The van der Waals surface area contributed by atoms with E-state index in [1.54, 1.807) is 12.3 Å². The van der Waals surface area contributed by atoms with Crippen molar-refractivity contribution in [2.24, 2.45) is 0 Å². The molecule has 1 saturated heterocycles. The maximum absolute atomic E-state index is 13.1. The molecule has 106 valence electrons. The van der Waals surface area contributed by atoms with Crippen LogP contribution >= 0.6 is 0 Å². The fraction of sp³-hybridized carbons (Fsp3) is 0.400. The number of rotatable bonds is 3. The van der Waals surface area contributed by atoms with E-state index < -0.39 is 0 Å². The standard InChI is InChI=1S/C15H18FN3O/c16-11-1-2-13-10(9-18-14(13)8-11)7-15(20)19-12-3-5-17-6-4-12/h1-2,8-9,12,17-18H,3-7H2,(H,19,20). The van der Waals surface area contributed by atoms with Gasteiger partial charge in [-0.15, -0.1) is 0 Å². The van der Waals surface area contributed by atoms with Gasteiger partial charge in [-0.3, -0.25) is 4.79 Å². The molecule has 1 aromatic heterocycles. The van der Waals surface area contributed by atoms with Gasteiger partial charge in [-0.1, -0.05) is 0 Å². The molecule has 1 aliphatic heterocycles. The zero-order valence-corrected chi connectivity index (χ0v) is 11.2. The average molecular weight is 275 g/mol. The van der Waals surface area contributed by atoms with Crippen LogP contribution in [0.4, 0.5) is 4.39 Å². The van der Waals surface area contributed by atoms with Crippen LogP contribution in [0.1, 0.15) is 18.4 Å². The smallest absolute Gasteiger partial charge is 0.224 e. The minimum atomic E-state index is -0.273. The molecule has 1 aromatic carbocycles. The Morgan fingerprint density at radius 1 is 1.35 bits per heavy atom. The van der Waals surface area contributed by atoms with Crippen molar-refractivity contribution in [3.63, 3.8) is 0 Å². The van der Waals surface area contributed by atoms with Gasteiger partial charge in [0.15, 0.2) is 0 Å². The number of fused-ring (bicyclic) bond motifs is 1. The molecule has 1 fully saturated rings. The number of halogens is 1. The number of amides is 1. The lowest BCUT2D eigenvalue weighted by Gasteiger charge is -2.23. The highest BCUT2D eigenvalue weighted by Gasteiger charge is 2.16. The maximum Gasteiger partial charge on any atom is 0.224 e. The van der Waals surface area contributed by atoms with E-state index in [0.717, 1.165) is 42.4 Å². The van der Waals surface area contributed by atoms with Gasteiger partial charge in [-0.2, -0.15) is 0 Å². The zero-order valence-electron chi connectivity index (χ0n) is 11.2. The second kappa shape index (κ2) is 5.63. The highest BCUT2D eigenvalue weighted by atomic mass is 19.1. The number of hydrogen-bond donors (Lipinski definition) is 3. The van der Waals surface area contributed by atoms with Crippen LogP contribution in [0.5, 0.6) is 0 Å². The lowest BCUT2D eigenvalue weighted by molar-refractivity contribution is -0.121. The van der Waals surface area contributed by atoms with Crippen molar-refractivity contribution in [3.05, 3.63) is 35.8 Å². The van der Waals surface area contributed by atoms with Crippen molar-refractivity contribution in [1.29, 1.82) is 0 Å². The SMILES string of the molecule is O=C(Cc1c[nH]c2cc(F)ccc12)NC1CCNCC1. The Kier molecular flexibility index (Phi) is 3.69. The van der Waals surface area contributed by atoms with E-state index >= 15 is 0 Å². The third-order valence-electron chi connectivity index (χ3n) is 3.78. The molecule has 2 heterocycles. The van der Waals surface area contributed by atoms with E-state index in [4.69, 9.17) is 0 Å². The third-order valence-corrected chi connectivity index (χ3v) is 3.78. The topological polar surface area (TPSA) is 56.9 Å². The number of aromatic nitrogens is 1. The van der Waals surface area contributed by atoms with Crippen LogP contribution < -0.4 is 10.6 Å². The number of carbonyl (C=O) groups excluding carboxylic acids is 1. The summed E-state index contributed by atoms with van der Waals surface area (Å²) in [6.45, 7) is 1.91. The van der Waals surface area contributed by atoms with Crippen molar-refractivity contribution >= 4 is 16.8 Å². The molecule has 0 atom stereocenters. The molecule has 0 aliphatic carbocycles. The van der Waals surface area contributed by atoms with E-state index in [-0.39, 0.29) is 17.8 Å². The molecule has 2 aromatic rings. The van der Waals surface area contributed by atoms with Crippen molar-refractivity contribution in [1.82, 2.24) is 15.6 Å². The Balaban J connectivity index is 1.67. The number of nitrogens with one attached hydrogen (secondary N) is 3. The van der Waals surface area contributed by atoms with Gasteiger partial charge < -0.3 is 15.6 Å². The summed E-state index contributed by atoms with van der Waals surface area (Å²) < 4.78 is 13.1. The summed E-state index contributed by atoms with van der Waals surface area (Å²) >= 11 is 0. The summed E-state index contributed by atoms with van der Waals surface area (Å²) in [5, 5.41) is 7.25. The fourth-order valence-corrected chi connectivity index (χ4v) is 2.72. The number of benzene rings is 1. The van der Waals surface area contributed by atoms with Gasteiger partial charge in [-0.25, -0.2) is 4.39 Å². The van der Waals surface area contributed by atoms with Crippen molar-refractivity contribution in [3.8, 4) is 0 Å². The number of carbonyl (C=O) groups is 1. The lowest BCUT2D eigenvalue weighted by Crippen LogP contribution is -2.43. The van der Waals surface area contributed by atoms with Crippen LogP contribution in [0.3, 0.4) is 0 Å². The molecule has 0 unspecified atom stereocenters. The molecule has 3 rings (SSSR count). The predicted octanol–water partition coefficient (Wildman–Crippen LogP) is 1.72. The van der Waals surface area contributed by atoms with Crippen LogP contribution in [0.15, 0.2) is 24.4 Å². The van der Waals surface area contributed by atoms with Gasteiger partial charge >= 0.3 is 0 Å². The van der Waals surface area contributed by atoms with Gasteiger partial charge in [0.25, 0.3) is 0 Å². The summed E-state index contributed by atoms with van der Waals surface area (Å²) in [7, 11) is 0. The number of hydrogen-bond acceptors (Lipinski definition) is 2. The van der Waals surface area contributed by atoms with E-state index in [2.05, 4.69) is 15.6 Å². The number of piperidine rings is 1. The Morgan fingerprint density at radius 3 is 2.95 bits per heavy atom. The van der Waals surface area contributed by atoms with E-state index in [9.17, 15) is 9.18 Å². The molecule has 1 amide bonds. The first kappa shape index (κ1) is 13.1. The number of H-pyrrole nitrogens is 1. The Bertz CT molecular complexity index is 617. The first-order chi connectivity index (χ1) is 9.72. The van der Waals surface area contributed by atoms with Gasteiger partial charge in [0.2, 0.25) is 5.91 Å². The molecule has 0 bridgehead atoms. The first-order valence-electron chi connectivity index (χ1n) is 6.98. The Labute approximate surface area is 116 Å². The molecule has 1 aliphatic rings. The monoisotopic (exact) mass is 275 g/mol. The second-order valence-electron chi connectivity index (χ2n) is 5.27. The average Bonchev–Trinajstić information content (AvgIpc) is 2.82. The Hall–Kier alpha value is -1.88. The van der Waals surface area contributed by atoms with Crippen LogP contribution in [0, 0.1) is 5.82 Å². The molecule has 0 spiro atoms. The highest BCUT2D eigenvalue weighted by molar-refractivity contribution is 5.89. The van der Waals surface area contributed by atoms with Gasteiger partial charge in [-0.05, 0) is 49.7 Å². The second-order valence-corrected chi connectivity index (χ2v) is 5.27. The lowest BCUT2D eigenvalue weighted by atomic mass is 10.1. The van der Waals surface area contributed by atoms with Crippen molar-refractivity contribution in [2.75, 3.05) is 13.1 Å². The minimum Gasteiger partial charge on any atom is -0.361 e. The molecular weight excluding hydrogens is 257 g/mol. The summed E-state index contributed by atoms with van der Waals surface area (Å²) in [5.41, 5.74) is 1.64. The van der Waals surface area contributed by atoms with Crippen LogP contribution in [-0.4, -0.2) is 30.0 Å². The zero-order chi connectivity index (χ0) is 13.9. The fourth-order valence-electron chi connectivity index (χ4n) is 2.72. The molecule has 0 radical (unpaired) electrons. The summed E-state index contributed by atoms with van der Waals surface area (Å²) in [4.78, 5) is 15.1. The maximum atomic E-state index is 13.1. The van der Waals surface area contributed by atoms with Crippen LogP contribution in [-0.2, 0) is 11.2 Å². The summed E-state index contributed by atoms with van der Waals surface area (Å²) in [6.07, 6.45) is 4.07. The first-order valence-corrected chi connectivity index (χ1v) is 6.98. The van der Waals surface area contributed by atoms with E-state index in [1.807, 2.05) is 0 Å². The number of aromatic amines is 1. The highest BCUT2D eigenvalue weighted by Crippen LogP contribution is 2.19. The van der Waals surface area contributed by atoms with Crippen molar-refractivity contribution in [2.45, 2.75) is 25.3 Å². The van der Waals surface area contributed by atoms with Gasteiger partial charge in [0.1, 0.15) is 5.82 Å². The van der Waals surface area contributed by atoms with Crippen LogP contribution in [0.25, 0.3) is 10.9 Å². The minimum absolute atomic E-state index is 0.0297. The third kappa shape index (κ3) is 2.82. The predicted molar refractivity (Wildman–Crippen MR) is 76.0 cm³/mol. The summed E-state index contributed by atoms with van der Waals surface area (Å²) in [6, 6.07) is 4.86. The quantitative estimate of drug-likeness (QED) is 0.799. The molecule has 5 heteroatoms. The Morgan fingerprint density at radius 2 is 2.15 bits per heavy atom. The van der Waals surface area contributed by atoms with Crippen LogP contribution in [0.2, 0.25) is 0 Å². The van der Waals surface area contributed by atoms with Gasteiger partial charge in [0, 0.05) is 23.1 Å². The molecule has 0 saturated carbocycles. The van der Waals surface area contributed by atoms with Gasteiger partial charge in [0.05, 0.1) is 6.42 Å². The normalized spacial score (nSPS) is 16.4. The molecule has 20 heavy (non-hydrogen) atoms. The van der Waals surface area contributed by atoms with Crippen molar-refractivity contribution < 1.29 is 9.18 Å². The molecule has 3 N–H and O–H groups in total. The summed E-state index contributed by atoms with van der Waals surface area (Å²) in [5.74, 6) is -0.243. The van der Waals surface area contributed by atoms with E-state index in [1.165, 1.54) is 12.1 Å². The molecule has 4 nitrogen and oxygen atoms in total. The largest absolute Gasteiger partial charge is 0.361 e. The van der Waals surface area contributed by atoms with E-state index in [0.29, 0.717) is 6.42 Å².